The Balaban J connectivity index is 2.84. The molecule has 0 fully saturated rings. The van der Waals surface area contributed by atoms with Gasteiger partial charge in [-0.3, -0.25) is 16.0 Å². The van der Waals surface area contributed by atoms with E-state index in [0.29, 0.717) is 0 Å². The van der Waals surface area contributed by atoms with Gasteiger partial charge in [-0.25, -0.2) is 0 Å². The van der Waals surface area contributed by atoms with Crippen LogP contribution in [-0.2, 0) is 6.54 Å². The minimum Gasteiger partial charge on any atom is -0.271 e. The third-order valence-electron chi connectivity index (χ3n) is 2.48. The zero-order valence-corrected chi connectivity index (χ0v) is 13.9. The van der Waals surface area contributed by atoms with Crippen LogP contribution in [0.4, 0.5) is 0 Å². The van der Waals surface area contributed by atoms with Gasteiger partial charge in [0.05, 0.1) is 22.4 Å². The second-order valence-corrected chi connectivity index (χ2v) is 7.94. The zero-order chi connectivity index (χ0) is 13.8. The van der Waals surface area contributed by atoms with E-state index in [1.54, 1.807) is 0 Å². The van der Waals surface area contributed by atoms with Crippen molar-refractivity contribution >= 4 is 27.7 Å². The fraction of sp³-hybridized carbons (Fsp3) is 0.750. The van der Waals surface area contributed by atoms with E-state index in [2.05, 4.69) is 54.1 Å². The molecule has 18 heavy (non-hydrogen) atoms. The molecule has 1 aromatic rings. The van der Waals surface area contributed by atoms with Crippen LogP contribution in [0.15, 0.2) is 10.7 Å². The van der Waals surface area contributed by atoms with E-state index in [9.17, 15) is 0 Å². The summed E-state index contributed by atoms with van der Waals surface area (Å²) in [5.41, 5.74) is 4.04. The number of thioether (sulfide) groups is 1. The lowest BCUT2D eigenvalue weighted by atomic mass is 10.2. The first-order valence-electron chi connectivity index (χ1n) is 6.20. The van der Waals surface area contributed by atoms with Crippen molar-refractivity contribution in [2.45, 2.75) is 51.4 Å². The lowest BCUT2D eigenvalue weighted by Crippen LogP contribution is -2.33. The topological polar surface area (TPSA) is 55.9 Å². The molecule has 0 spiro atoms. The Labute approximate surface area is 122 Å². The largest absolute Gasteiger partial charge is 0.271 e. The molecule has 1 rings (SSSR count). The second-order valence-electron chi connectivity index (χ2n) is 5.24. The van der Waals surface area contributed by atoms with Gasteiger partial charge in [0.2, 0.25) is 0 Å². The average molecular weight is 335 g/mol. The molecule has 0 aliphatic rings. The Morgan fingerprint density at radius 2 is 2.22 bits per heavy atom. The van der Waals surface area contributed by atoms with Crippen LogP contribution in [0.25, 0.3) is 0 Å². The van der Waals surface area contributed by atoms with Crippen LogP contribution in [0, 0.1) is 0 Å². The Morgan fingerprint density at radius 3 is 2.72 bits per heavy atom. The SMILES string of the molecule is CCCn1ncc(Br)c1C(CSC(C)(C)C)NN. The lowest BCUT2D eigenvalue weighted by Gasteiger charge is -2.23. The van der Waals surface area contributed by atoms with E-state index in [0.717, 1.165) is 28.9 Å². The number of nitrogens with one attached hydrogen (secondary N) is 1. The van der Waals surface area contributed by atoms with Gasteiger partial charge >= 0.3 is 0 Å². The number of nitrogens with zero attached hydrogens (tertiary/aromatic N) is 2. The lowest BCUT2D eigenvalue weighted by molar-refractivity contribution is 0.506. The van der Waals surface area contributed by atoms with Crippen molar-refractivity contribution in [2.24, 2.45) is 5.84 Å². The highest BCUT2D eigenvalue weighted by atomic mass is 79.9. The Morgan fingerprint density at radius 1 is 1.56 bits per heavy atom. The number of aryl methyl sites for hydroxylation is 1. The van der Waals surface area contributed by atoms with Crippen LogP contribution >= 0.6 is 27.7 Å². The van der Waals surface area contributed by atoms with E-state index in [1.807, 2.05) is 22.6 Å². The molecule has 0 aliphatic carbocycles. The normalized spacial score (nSPS) is 13.9. The monoisotopic (exact) mass is 334 g/mol. The third-order valence-corrected chi connectivity index (χ3v) is 4.46. The molecule has 0 saturated heterocycles. The first-order chi connectivity index (χ1) is 8.39. The molecule has 1 aromatic heterocycles. The molecule has 4 nitrogen and oxygen atoms in total. The van der Waals surface area contributed by atoms with Gasteiger partial charge in [0.25, 0.3) is 0 Å². The van der Waals surface area contributed by atoms with E-state index in [-0.39, 0.29) is 10.8 Å². The van der Waals surface area contributed by atoms with Gasteiger partial charge in [0.15, 0.2) is 0 Å². The number of halogens is 1. The van der Waals surface area contributed by atoms with Crippen LogP contribution in [0.3, 0.4) is 0 Å². The molecule has 1 atom stereocenters. The molecule has 1 unspecified atom stereocenters. The molecule has 0 radical (unpaired) electrons. The summed E-state index contributed by atoms with van der Waals surface area (Å²) in [6.45, 7) is 9.70. The summed E-state index contributed by atoms with van der Waals surface area (Å²) in [6, 6.07) is 0.109. The minimum atomic E-state index is 0.109. The number of hydrazine groups is 1. The predicted octanol–water partition coefficient (Wildman–Crippen LogP) is 3.09. The summed E-state index contributed by atoms with van der Waals surface area (Å²) in [5.74, 6) is 6.63. The summed E-state index contributed by atoms with van der Waals surface area (Å²) in [7, 11) is 0. The molecule has 104 valence electrons. The highest BCUT2D eigenvalue weighted by Crippen LogP contribution is 2.31. The number of hydrogen-bond donors (Lipinski definition) is 2. The van der Waals surface area contributed by atoms with Crippen LogP contribution in [0.1, 0.15) is 45.9 Å². The highest BCUT2D eigenvalue weighted by Gasteiger charge is 2.21. The predicted molar refractivity (Wildman–Crippen MR) is 82.5 cm³/mol. The van der Waals surface area contributed by atoms with Crippen molar-refractivity contribution in [3.63, 3.8) is 0 Å². The highest BCUT2D eigenvalue weighted by molar-refractivity contribution is 9.10. The number of aromatic nitrogens is 2. The fourth-order valence-corrected chi connectivity index (χ4v) is 3.14. The molecule has 3 N–H and O–H groups in total. The van der Waals surface area contributed by atoms with E-state index in [4.69, 9.17) is 5.84 Å². The quantitative estimate of drug-likeness (QED) is 0.620. The molecule has 0 saturated carbocycles. The van der Waals surface area contributed by atoms with Crippen LogP contribution < -0.4 is 11.3 Å². The molecule has 6 heteroatoms. The Hall–Kier alpha value is -0.0400. The van der Waals surface area contributed by atoms with Crippen LogP contribution in [0.2, 0.25) is 0 Å². The molecule has 0 bridgehead atoms. The smallest absolute Gasteiger partial charge is 0.0730 e. The van der Waals surface area contributed by atoms with Crippen molar-refractivity contribution in [3.8, 4) is 0 Å². The number of hydrogen-bond acceptors (Lipinski definition) is 4. The van der Waals surface area contributed by atoms with Gasteiger partial charge in [-0.2, -0.15) is 16.9 Å². The maximum absolute atomic E-state index is 5.70. The van der Waals surface area contributed by atoms with Crippen LogP contribution in [0.5, 0.6) is 0 Å². The number of nitrogens with two attached hydrogens (primary N) is 1. The van der Waals surface area contributed by atoms with Gasteiger partial charge in [-0.15, -0.1) is 0 Å². The van der Waals surface area contributed by atoms with Crippen molar-refractivity contribution in [3.05, 3.63) is 16.4 Å². The molecular formula is C12H23BrN4S. The maximum atomic E-state index is 5.70. The molecule has 0 aromatic carbocycles. The standard InChI is InChI=1S/C12H23BrN4S/c1-5-6-17-11(9(13)7-15-17)10(16-14)8-18-12(2,3)4/h7,10,16H,5-6,8,14H2,1-4H3. The minimum absolute atomic E-state index is 0.109. The molecular weight excluding hydrogens is 312 g/mol. The summed E-state index contributed by atoms with van der Waals surface area (Å²) in [4.78, 5) is 0. The van der Waals surface area contributed by atoms with Gasteiger partial charge in [-0.05, 0) is 22.4 Å². The van der Waals surface area contributed by atoms with Crippen molar-refractivity contribution in [1.29, 1.82) is 0 Å². The van der Waals surface area contributed by atoms with Crippen molar-refractivity contribution in [1.82, 2.24) is 15.2 Å². The zero-order valence-electron chi connectivity index (χ0n) is 11.5. The van der Waals surface area contributed by atoms with Crippen LogP contribution in [-0.4, -0.2) is 20.3 Å². The fourth-order valence-electron chi connectivity index (χ4n) is 1.65. The summed E-state index contributed by atoms with van der Waals surface area (Å²) in [5, 5.41) is 4.38. The first kappa shape index (κ1) is 16.0. The van der Waals surface area contributed by atoms with Crippen molar-refractivity contribution < 1.29 is 0 Å². The van der Waals surface area contributed by atoms with Gasteiger partial charge in [0.1, 0.15) is 0 Å². The maximum Gasteiger partial charge on any atom is 0.0730 e. The van der Waals surface area contributed by atoms with Crippen molar-refractivity contribution in [2.75, 3.05) is 5.75 Å². The third kappa shape index (κ3) is 4.57. The molecule has 0 aliphatic heterocycles. The Bertz CT molecular complexity index is 373. The molecule has 1 heterocycles. The molecule has 0 amide bonds. The number of rotatable bonds is 6. The second kappa shape index (κ2) is 6.93. The summed E-state index contributed by atoms with van der Waals surface area (Å²) >= 11 is 5.46. The summed E-state index contributed by atoms with van der Waals surface area (Å²) < 4.78 is 3.28. The van der Waals surface area contributed by atoms with Gasteiger partial charge in [0, 0.05) is 17.0 Å². The van der Waals surface area contributed by atoms with E-state index < -0.39 is 0 Å². The average Bonchev–Trinajstić information content (AvgIpc) is 2.62. The van der Waals surface area contributed by atoms with E-state index in [1.165, 1.54) is 0 Å². The van der Waals surface area contributed by atoms with E-state index >= 15 is 0 Å². The first-order valence-corrected chi connectivity index (χ1v) is 7.98. The summed E-state index contributed by atoms with van der Waals surface area (Å²) in [6.07, 6.45) is 2.90. The van der Waals surface area contributed by atoms with Gasteiger partial charge < -0.3 is 0 Å². The Kier molecular flexibility index (Phi) is 6.17. The van der Waals surface area contributed by atoms with Gasteiger partial charge in [-0.1, -0.05) is 27.7 Å².